The zero-order chi connectivity index (χ0) is 17.7. The number of unbranched alkanes of at least 4 members (excludes halogenated alkanes) is 7. The van der Waals surface area contributed by atoms with Crippen LogP contribution >= 0.6 is 0 Å². The molecule has 3 nitrogen and oxygen atoms in total. The van der Waals surface area contributed by atoms with Crippen molar-refractivity contribution in [1.82, 2.24) is 0 Å². The van der Waals surface area contributed by atoms with Crippen LogP contribution in [-0.2, 0) is 9.47 Å². The maximum Gasteiger partial charge on any atom is 0.166 e. The monoisotopic (exact) mass is 346 g/mol. The fraction of sp³-hybridized carbons (Fsp3) is 0.682. The average molecular weight is 347 g/mol. The number of hydrogen-bond acceptors (Lipinski definition) is 3. The van der Waals surface area contributed by atoms with Gasteiger partial charge in [-0.2, -0.15) is 0 Å². The van der Waals surface area contributed by atoms with Crippen molar-refractivity contribution in [3.05, 3.63) is 35.9 Å². The van der Waals surface area contributed by atoms with E-state index < -0.39 is 0 Å². The van der Waals surface area contributed by atoms with Gasteiger partial charge in [-0.1, -0.05) is 88.6 Å². The Labute approximate surface area is 153 Å². The smallest absolute Gasteiger partial charge is 0.166 e. The van der Waals surface area contributed by atoms with Crippen molar-refractivity contribution < 1.29 is 14.3 Å². The lowest BCUT2D eigenvalue weighted by Crippen LogP contribution is -2.22. The van der Waals surface area contributed by atoms with E-state index in [9.17, 15) is 4.79 Å². The van der Waals surface area contributed by atoms with Crippen LogP contribution in [0.1, 0.15) is 81.5 Å². The summed E-state index contributed by atoms with van der Waals surface area (Å²) >= 11 is 0. The maximum atomic E-state index is 12.9. The van der Waals surface area contributed by atoms with E-state index in [1.165, 1.54) is 44.9 Å². The minimum atomic E-state index is 0.0502. The minimum absolute atomic E-state index is 0.0502. The van der Waals surface area contributed by atoms with Crippen LogP contribution < -0.4 is 0 Å². The summed E-state index contributed by atoms with van der Waals surface area (Å²) in [6.07, 6.45) is 12.2. The maximum absolute atomic E-state index is 12.9. The zero-order valence-corrected chi connectivity index (χ0v) is 15.8. The van der Waals surface area contributed by atoms with Gasteiger partial charge < -0.3 is 9.47 Å². The van der Waals surface area contributed by atoms with Crippen molar-refractivity contribution in [3.63, 3.8) is 0 Å². The lowest BCUT2D eigenvalue weighted by atomic mass is 9.87. The molecule has 0 N–H and O–H groups in total. The lowest BCUT2D eigenvalue weighted by Gasteiger charge is -2.18. The van der Waals surface area contributed by atoms with Gasteiger partial charge in [0.05, 0.1) is 12.7 Å². The molecule has 1 aromatic rings. The number of rotatable bonds is 13. The molecule has 0 radical (unpaired) electrons. The standard InChI is InChI=1S/C22H34O3/c1-2-3-4-5-6-7-8-10-15-20(16-21-17-24-18-25-21)22(23)19-13-11-9-12-14-19/h9,11-14,20-21H,2-8,10,15-18H2,1H3. The molecule has 1 saturated heterocycles. The Morgan fingerprint density at radius 3 is 2.36 bits per heavy atom. The van der Waals surface area contributed by atoms with Crippen molar-refractivity contribution in [3.8, 4) is 0 Å². The summed E-state index contributed by atoms with van der Waals surface area (Å²) in [5.41, 5.74) is 0.825. The molecular weight excluding hydrogens is 312 g/mol. The van der Waals surface area contributed by atoms with Crippen LogP contribution in [0.25, 0.3) is 0 Å². The number of carbonyl (C=O) groups excluding carboxylic acids is 1. The van der Waals surface area contributed by atoms with Crippen LogP contribution in [0.4, 0.5) is 0 Å². The van der Waals surface area contributed by atoms with E-state index >= 15 is 0 Å². The van der Waals surface area contributed by atoms with Crippen LogP contribution in [0, 0.1) is 5.92 Å². The molecule has 0 aromatic heterocycles. The van der Waals surface area contributed by atoms with Gasteiger partial charge in [-0.3, -0.25) is 4.79 Å². The summed E-state index contributed by atoms with van der Waals surface area (Å²) in [5, 5.41) is 0. The molecule has 2 atom stereocenters. The molecule has 1 heterocycles. The van der Waals surface area contributed by atoms with Crippen LogP contribution in [0.15, 0.2) is 30.3 Å². The Morgan fingerprint density at radius 1 is 1.04 bits per heavy atom. The van der Waals surface area contributed by atoms with Crippen molar-refractivity contribution >= 4 is 5.78 Å². The molecular formula is C22H34O3. The predicted octanol–water partition coefficient (Wildman–Crippen LogP) is 5.78. The summed E-state index contributed by atoms with van der Waals surface area (Å²) in [7, 11) is 0. The van der Waals surface area contributed by atoms with Gasteiger partial charge in [-0.05, 0) is 12.8 Å². The molecule has 1 aliphatic rings. The highest BCUT2D eigenvalue weighted by Crippen LogP contribution is 2.24. The number of carbonyl (C=O) groups is 1. The topological polar surface area (TPSA) is 35.5 Å². The Kier molecular flexibility index (Phi) is 9.83. The number of hydrogen-bond donors (Lipinski definition) is 0. The highest BCUT2D eigenvalue weighted by atomic mass is 16.7. The number of ether oxygens (including phenoxy) is 2. The second kappa shape index (κ2) is 12.2. The van der Waals surface area contributed by atoms with Gasteiger partial charge in [0.2, 0.25) is 0 Å². The lowest BCUT2D eigenvalue weighted by molar-refractivity contribution is 0.0384. The van der Waals surface area contributed by atoms with Crippen LogP contribution in [-0.4, -0.2) is 25.3 Å². The summed E-state index contributed by atoms with van der Waals surface area (Å²) in [6.45, 7) is 3.24. The van der Waals surface area contributed by atoms with Crippen molar-refractivity contribution in [2.75, 3.05) is 13.4 Å². The molecule has 1 aromatic carbocycles. The summed E-state index contributed by atoms with van der Waals surface area (Å²) in [6, 6.07) is 9.69. The molecule has 2 unspecified atom stereocenters. The van der Waals surface area contributed by atoms with Crippen LogP contribution in [0.3, 0.4) is 0 Å². The normalized spacial score (nSPS) is 18.4. The fourth-order valence-electron chi connectivity index (χ4n) is 3.54. The Bertz CT molecular complexity index is 465. The van der Waals surface area contributed by atoms with Gasteiger partial charge in [0.15, 0.2) is 5.78 Å². The van der Waals surface area contributed by atoms with E-state index in [1.807, 2.05) is 30.3 Å². The Balaban J connectivity index is 1.75. The SMILES string of the molecule is CCCCCCCCCCC(CC1COCO1)C(=O)c1ccccc1. The third kappa shape index (κ3) is 7.70. The first-order chi connectivity index (χ1) is 12.3. The molecule has 0 saturated carbocycles. The van der Waals surface area contributed by atoms with E-state index in [-0.39, 0.29) is 17.8 Å². The Hall–Kier alpha value is -1.19. The van der Waals surface area contributed by atoms with Gasteiger partial charge in [0, 0.05) is 11.5 Å². The molecule has 1 fully saturated rings. The molecule has 0 amide bonds. The third-order valence-corrected chi connectivity index (χ3v) is 5.07. The van der Waals surface area contributed by atoms with Crippen molar-refractivity contribution in [1.29, 1.82) is 0 Å². The van der Waals surface area contributed by atoms with Crippen molar-refractivity contribution in [2.24, 2.45) is 5.92 Å². The summed E-state index contributed by atoms with van der Waals surface area (Å²) in [5.74, 6) is 0.313. The van der Waals surface area contributed by atoms with Crippen LogP contribution in [0.2, 0.25) is 0 Å². The molecule has 1 aliphatic heterocycles. The van der Waals surface area contributed by atoms with Crippen molar-refractivity contribution in [2.45, 2.75) is 77.2 Å². The fourth-order valence-corrected chi connectivity index (χ4v) is 3.54. The average Bonchev–Trinajstić information content (AvgIpc) is 3.16. The van der Waals surface area contributed by atoms with E-state index in [0.29, 0.717) is 13.4 Å². The molecule has 0 bridgehead atoms. The van der Waals surface area contributed by atoms with Gasteiger partial charge in [0.25, 0.3) is 0 Å². The molecule has 140 valence electrons. The summed E-state index contributed by atoms with van der Waals surface area (Å²) in [4.78, 5) is 12.9. The van der Waals surface area contributed by atoms with Crippen LogP contribution in [0.5, 0.6) is 0 Å². The molecule has 0 aliphatic carbocycles. The van der Waals surface area contributed by atoms with Gasteiger partial charge in [-0.25, -0.2) is 0 Å². The highest BCUT2D eigenvalue weighted by molar-refractivity contribution is 5.97. The quantitative estimate of drug-likeness (QED) is 0.335. The predicted molar refractivity (Wildman–Crippen MR) is 102 cm³/mol. The first-order valence-electron chi connectivity index (χ1n) is 10.1. The second-order valence-electron chi connectivity index (χ2n) is 7.20. The molecule has 0 spiro atoms. The minimum Gasteiger partial charge on any atom is -0.353 e. The van der Waals surface area contributed by atoms with E-state index in [2.05, 4.69) is 6.92 Å². The third-order valence-electron chi connectivity index (χ3n) is 5.07. The van der Waals surface area contributed by atoms with Gasteiger partial charge >= 0.3 is 0 Å². The van der Waals surface area contributed by atoms with E-state index in [1.54, 1.807) is 0 Å². The molecule has 25 heavy (non-hydrogen) atoms. The van der Waals surface area contributed by atoms with E-state index in [0.717, 1.165) is 24.8 Å². The summed E-state index contributed by atoms with van der Waals surface area (Å²) < 4.78 is 10.9. The number of Topliss-reactive ketones (excluding diaryl/α,β-unsaturated/α-hetero) is 1. The first kappa shape index (κ1) is 20.1. The van der Waals surface area contributed by atoms with Gasteiger partial charge in [0.1, 0.15) is 6.79 Å². The number of benzene rings is 1. The highest BCUT2D eigenvalue weighted by Gasteiger charge is 2.26. The zero-order valence-electron chi connectivity index (χ0n) is 15.8. The molecule has 3 heteroatoms. The first-order valence-corrected chi connectivity index (χ1v) is 10.1. The molecule has 2 rings (SSSR count). The Morgan fingerprint density at radius 2 is 1.72 bits per heavy atom. The largest absolute Gasteiger partial charge is 0.353 e. The van der Waals surface area contributed by atoms with E-state index in [4.69, 9.17) is 9.47 Å². The second-order valence-corrected chi connectivity index (χ2v) is 7.20. The van der Waals surface area contributed by atoms with Gasteiger partial charge in [-0.15, -0.1) is 0 Å². The number of ketones is 1.